The Hall–Kier alpha value is -3.55. The Kier molecular flexibility index (Phi) is 7.12. The molecule has 0 fully saturated rings. The molecule has 0 saturated heterocycles. The molecule has 172 valence electrons. The van der Waals surface area contributed by atoms with E-state index < -0.39 is 0 Å². The first-order chi connectivity index (χ1) is 16.1. The highest BCUT2D eigenvalue weighted by Crippen LogP contribution is 2.25. The highest BCUT2D eigenvalue weighted by atomic mass is 16.1. The molecule has 0 spiro atoms. The third-order valence-corrected chi connectivity index (χ3v) is 5.68. The van der Waals surface area contributed by atoms with Crippen molar-refractivity contribution in [3.63, 3.8) is 0 Å². The Bertz CT molecular complexity index is 1220. The van der Waals surface area contributed by atoms with Crippen molar-refractivity contribution >= 4 is 0 Å². The van der Waals surface area contributed by atoms with Crippen LogP contribution < -0.4 is 5.69 Å². The third-order valence-electron chi connectivity index (χ3n) is 5.68. The highest BCUT2D eigenvalue weighted by molar-refractivity contribution is 5.70. The van der Waals surface area contributed by atoms with Crippen LogP contribution in [-0.4, -0.2) is 34.3 Å². The van der Waals surface area contributed by atoms with Crippen molar-refractivity contribution in [1.82, 2.24) is 34.3 Å². The van der Waals surface area contributed by atoms with Crippen molar-refractivity contribution < 1.29 is 0 Å². The normalized spacial score (nSPS) is 11.4. The van der Waals surface area contributed by atoms with E-state index in [2.05, 4.69) is 71.7 Å². The number of aromatic nitrogens is 7. The summed E-state index contributed by atoms with van der Waals surface area (Å²) in [5.41, 5.74) is 4.24. The van der Waals surface area contributed by atoms with Crippen molar-refractivity contribution in [3.8, 4) is 16.9 Å². The average molecular weight is 446 g/mol. The van der Waals surface area contributed by atoms with Crippen molar-refractivity contribution in [2.75, 3.05) is 0 Å². The lowest BCUT2D eigenvalue weighted by Gasteiger charge is -2.10. The highest BCUT2D eigenvalue weighted by Gasteiger charge is 2.14. The van der Waals surface area contributed by atoms with E-state index in [0.29, 0.717) is 18.3 Å². The molecule has 8 heteroatoms. The van der Waals surface area contributed by atoms with E-state index in [-0.39, 0.29) is 5.69 Å². The number of benzene rings is 1. The fourth-order valence-corrected chi connectivity index (χ4v) is 4.07. The van der Waals surface area contributed by atoms with Crippen LogP contribution in [0.15, 0.2) is 59.9 Å². The molecule has 4 aromatic rings. The lowest BCUT2D eigenvalue weighted by molar-refractivity contribution is 0.503. The Morgan fingerprint density at radius 1 is 1.06 bits per heavy atom. The van der Waals surface area contributed by atoms with Gasteiger partial charge in [0.15, 0.2) is 5.82 Å². The van der Waals surface area contributed by atoms with Crippen molar-refractivity contribution in [2.24, 2.45) is 5.92 Å². The molecule has 0 saturated carbocycles. The molecular formula is C25H31N7O. The molecule has 3 aromatic heterocycles. The van der Waals surface area contributed by atoms with Gasteiger partial charge in [0.2, 0.25) is 0 Å². The van der Waals surface area contributed by atoms with Gasteiger partial charge in [-0.2, -0.15) is 4.68 Å². The summed E-state index contributed by atoms with van der Waals surface area (Å²) in [5, 5.41) is 11.4. The molecule has 0 radical (unpaired) electrons. The summed E-state index contributed by atoms with van der Waals surface area (Å²) in [6.07, 6.45) is 9.68. The van der Waals surface area contributed by atoms with E-state index in [1.165, 1.54) is 19.2 Å². The summed E-state index contributed by atoms with van der Waals surface area (Å²) in [7, 11) is 0. The predicted octanol–water partition coefficient (Wildman–Crippen LogP) is 4.12. The fraction of sp³-hybridized carbons (Fsp3) is 0.400. The second-order valence-electron chi connectivity index (χ2n) is 8.82. The molecular weight excluding hydrogens is 414 g/mol. The van der Waals surface area contributed by atoms with Crippen LogP contribution >= 0.6 is 0 Å². The van der Waals surface area contributed by atoms with Gasteiger partial charge in [0.1, 0.15) is 6.33 Å². The quantitative estimate of drug-likeness (QED) is 0.343. The SMILES string of the molecule is CCCCCc1cn(CC(C)C)c(=O)n1Cc1ccc(-c2cccnc2-n2cnnn2)cc1. The molecule has 0 amide bonds. The lowest BCUT2D eigenvalue weighted by atomic mass is 10.0. The molecule has 0 aliphatic rings. The van der Waals surface area contributed by atoms with Gasteiger partial charge in [0, 0.05) is 30.2 Å². The van der Waals surface area contributed by atoms with Gasteiger partial charge in [-0.1, -0.05) is 57.9 Å². The minimum atomic E-state index is 0.0764. The topological polar surface area (TPSA) is 83.4 Å². The number of tetrazole rings is 1. The van der Waals surface area contributed by atoms with E-state index in [1.54, 1.807) is 10.9 Å². The van der Waals surface area contributed by atoms with Crippen LogP contribution in [0.1, 0.15) is 51.3 Å². The summed E-state index contributed by atoms with van der Waals surface area (Å²) < 4.78 is 5.36. The maximum Gasteiger partial charge on any atom is 0.328 e. The molecule has 0 aliphatic carbocycles. The number of hydrogen-bond acceptors (Lipinski definition) is 5. The average Bonchev–Trinajstić information content (AvgIpc) is 3.45. The van der Waals surface area contributed by atoms with Crippen LogP contribution in [0, 0.1) is 5.92 Å². The molecule has 0 atom stereocenters. The standard InChI is InChI=1S/C25H31N7O/c1-4-5-6-8-22-17-30(15-19(2)3)25(33)31(22)16-20-10-12-21(13-11-20)23-9-7-14-26-24(23)32-18-27-28-29-32/h7,9-14,17-19H,4-6,8,15-16H2,1-3H3. The number of hydrogen-bond donors (Lipinski definition) is 0. The molecule has 3 heterocycles. The van der Waals surface area contributed by atoms with Gasteiger partial charge in [0.05, 0.1) is 6.54 Å². The zero-order valence-corrected chi connectivity index (χ0v) is 19.6. The smallest absolute Gasteiger partial charge is 0.299 e. The minimum Gasteiger partial charge on any atom is -0.299 e. The maximum atomic E-state index is 13.1. The van der Waals surface area contributed by atoms with Crippen molar-refractivity contribution in [2.45, 2.75) is 59.5 Å². The Morgan fingerprint density at radius 2 is 1.88 bits per heavy atom. The number of pyridine rings is 1. The molecule has 0 N–H and O–H groups in total. The number of unbranched alkanes of at least 4 members (excludes halogenated alkanes) is 2. The molecule has 0 bridgehead atoms. The van der Waals surface area contributed by atoms with Gasteiger partial charge >= 0.3 is 5.69 Å². The van der Waals surface area contributed by atoms with Crippen LogP contribution in [0.3, 0.4) is 0 Å². The van der Waals surface area contributed by atoms with Gasteiger partial charge < -0.3 is 0 Å². The summed E-state index contributed by atoms with van der Waals surface area (Å²) >= 11 is 0. The first-order valence-corrected chi connectivity index (χ1v) is 11.6. The molecule has 1 aromatic carbocycles. The molecule has 4 rings (SSSR count). The maximum absolute atomic E-state index is 13.1. The second-order valence-corrected chi connectivity index (χ2v) is 8.82. The van der Waals surface area contributed by atoms with E-state index in [9.17, 15) is 4.79 Å². The lowest BCUT2D eigenvalue weighted by Crippen LogP contribution is -2.26. The van der Waals surface area contributed by atoms with Gasteiger partial charge in [-0.3, -0.25) is 9.13 Å². The summed E-state index contributed by atoms with van der Waals surface area (Å²) in [5.74, 6) is 1.10. The van der Waals surface area contributed by atoms with Gasteiger partial charge in [-0.25, -0.2) is 9.78 Å². The predicted molar refractivity (Wildman–Crippen MR) is 128 cm³/mol. The number of aryl methyl sites for hydroxylation is 1. The third kappa shape index (κ3) is 5.27. The first kappa shape index (κ1) is 22.6. The largest absolute Gasteiger partial charge is 0.328 e. The Balaban J connectivity index is 1.60. The summed E-state index contributed by atoms with van der Waals surface area (Å²) in [6.45, 7) is 7.79. The fourth-order valence-electron chi connectivity index (χ4n) is 4.07. The number of nitrogens with zero attached hydrogens (tertiary/aromatic N) is 7. The van der Waals surface area contributed by atoms with Crippen LogP contribution in [-0.2, 0) is 19.5 Å². The molecule has 8 nitrogen and oxygen atoms in total. The monoisotopic (exact) mass is 445 g/mol. The Morgan fingerprint density at radius 3 is 2.58 bits per heavy atom. The minimum absolute atomic E-state index is 0.0764. The second kappa shape index (κ2) is 10.4. The van der Waals surface area contributed by atoms with Gasteiger partial charge in [-0.05, 0) is 52.4 Å². The first-order valence-electron chi connectivity index (χ1n) is 11.6. The van der Waals surface area contributed by atoms with Crippen molar-refractivity contribution in [3.05, 3.63) is 76.9 Å². The number of rotatable bonds is 10. The van der Waals surface area contributed by atoms with E-state index in [1.807, 2.05) is 21.3 Å². The van der Waals surface area contributed by atoms with Crippen molar-refractivity contribution in [1.29, 1.82) is 0 Å². The van der Waals surface area contributed by atoms with E-state index in [0.717, 1.165) is 41.8 Å². The molecule has 33 heavy (non-hydrogen) atoms. The summed E-state index contributed by atoms with van der Waals surface area (Å²) in [6, 6.07) is 12.2. The van der Waals surface area contributed by atoms with E-state index in [4.69, 9.17) is 0 Å². The van der Waals surface area contributed by atoms with Crippen LogP contribution in [0.5, 0.6) is 0 Å². The van der Waals surface area contributed by atoms with Gasteiger partial charge in [-0.15, -0.1) is 5.10 Å². The number of imidazole rings is 1. The van der Waals surface area contributed by atoms with Gasteiger partial charge in [0.25, 0.3) is 0 Å². The molecule has 0 aliphatic heterocycles. The molecule has 0 unspecified atom stereocenters. The summed E-state index contributed by atoms with van der Waals surface area (Å²) in [4.78, 5) is 17.6. The zero-order valence-electron chi connectivity index (χ0n) is 19.6. The van der Waals surface area contributed by atoms with Crippen LogP contribution in [0.25, 0.3) is 16.9 Å². The van der Waals surface area contributed by atoms with Crippen LogP contribution in [0.4, 0.5) is 0 Å². The van der Waals surface area contributed by atoms with Crippen LogP contribution in [0.2, 0.25) is 0 Å². The zero-order chi connectivity index (χ0) is 23.2. The Labute approximate surface area is 193 Å². The van der Waals surface area contributed by atoms with E-state index >= 15 is 0 Å².